The third kappa shape index (κ3) is 4.53. The molecule has 0 aliphatic rings. The number of nitrogens with zero attached hydrogens (tertiary/aromatic N) is 3. The van der Waals surface area contributed by atoms with E-state index in [1.54, 1.807) is 6.20 Å². The van der Waals surface area contributed by atoms with Gasteiger partial charge < -0.3 is 10.2 Å². The number of carbonyl (C=O) groups is 1. The summed E-state index contributed by atoms with van der Waals surface area (Å²) in [5.41, 5.74) is 1.01. The highest BCUT2D eigenvalue weighted by Crippen LogP contribution is 2.16. The van der Waals surface area contributed by atoms with E-state index in [1.807, 2.05) is 36.2 Å². The number of halogens is 1. The number of aromatic nitrogens is 2. The third-order valence-corrected chi connectivity index (χ3v) is 3.68. The van der Waals surface area contributed by atoms with E-state index in [4.69, 9.17) is 0 Å². The normalized spacial score (nSPS) is 10.3. The van der Waals surface area contributed by atoms with Crippen LogP contribution < -0.4 is 10.2 Å². The van der Waals surface area contributed by atoms with Gasteiger partial charge in [-0.05, 0) is 24.6 Å². The molecule has 1 aromatic carbocycles. The van der Waals surface area contributed by atoms with Gasteiger partial charge in [-0.2, -0.15) is 0 Å². The molecule has 116 valence electrons. The first kappa shape index (κ1) is 16.4. The Morgan fingerprint density at radius 2 is 2.14 bits per heavy atom. The van der Waals surface area contributed by atoms with Gasteiger partial charge in [0, 0.05) is 23.8 Å². The van der Waals surface area contributed by atoms with Crippen LogP contribution in [-0.4, -0.2) is 29.5 Å². The third-order valence-electron chi connectivity index (χ3n) is 3.19. The monoisotopic (exact) mass is 362 g/mol. The van der Waals surface area contributed by atoms with E-state index < -0.39 is 0 Å². The molecule has 1 amide bonds. The van der Waals surface area contributed by atoms with Crippen molar-refractivity contribution in [3.05, 3.63) is 46.8 Å². The molecule has 0 spiro atoms. The Bertz CT molecular complexity index is 630. The summed E-state index contributed by atoms with van der Waals surface area (Å²) >= 11 is 3.37. The minimum absolute atomic E-state index is 0.270. The largest absolute Gasteiger partial charge is 0.358 e. The molecule has 1 N–H and O–H groups in total. The van der Waals surface area contributed by atoms with E-state index >= 15 is 0 Å². The summed E-state index contributed by atoms with van der Waals surface area (Å²) in [6.45, 7) is 3.07. The van der Waals surface area contributed by atoms with E-state index in [-0.39, 0.29) is 5.91 Å². The fourth-order valence-electron chi connectivity index (χ4n) is 1.91. The summed E-state index contributed by atoms with van der Waals surface area (Å²) in [6, 6.07) is 7.41. The van der Waals surface area contributed by atoms with E-state index in [9.17, 15) is 4.79 Å². The van der Waals surface area contributed by atoms with Crippen LogP contribution in [-0.2, 0) is 0 Å². The van der Waals surface area contributed by atoms with Crippen molar-refractivity contribution >= 4 is 33.3 Å². The van der Waals surface area contributed by atoms with Crippen LogP contribution in [0.3, 0.4) is 0 Å². The van der Waals surface area contributed by atoms with Crippen molar-refractivity contribution in [1.82, 2.24) is 9.97 Å². The molecule has 0 aliphatic carbocycles. The average Bonchev–Trinajstić information content (AvgIpc) is 2.52. The minimum atomic E-state index is -0.270. The second-order valence-corrected chi connectivity index (χ2v) is 5.92. The first-order valence-corrected chi connectivity index (χ1v) is 7.99. The molecule has 5 nitrogen and oxygen atoms in total. The lowest BCUT2D eigenvalue weighted by Gasteiger charge is -2.17. The predicted molar refractivity (Wildman–Crippen MR) is 92.3 cm³/mol. The van der Waals surface area contributed by atoms with Crippen LogP contribution in [0.2, 0.25) is 0 Å². The van der Waals surface area contributed by atoms with Crippen LogP contribution >= 0.6 is 15.9 Å². The van der Waals surface area contributed by atoms with Crippen LogP contribution in [0.5, 0.6) is 0 Å². The van der Waals surface area contributed by atoms with Gasteiger partial charge in [-0.15, -0.1) is 0 Å². The lowest BCUT2D eigenvalue weighted by molar-refractivity contribution is 0.102. The lowest BCUT2D eigenvalue weighted by atomic mass is 10.3. The highest BCUT2D eigenvalue weighted by molar-refractivity contribution is 9.10. The van der Waals surface area contributed by atoms with Crippen molar-refractivity contribution < 1.29 is 4.79 Å². The first-order valence-electron chi connectivity index (χ1n) is 7.20. The number of benzene rings is 1. The standard InChI is InChI=1S/C16H19BrN4O/c1-3-4-8-21(2)15-11-18-14(10-19-15)16(22)20-13-7-5-6-12(17)9-13/h5-7,9-11H,3-4,8H2,1-2H3,(H,20,22). The van der Waals surface area contributed by atoms with Gasteiger partial charge >= 0.3 is 0 Å². The Hall–Kier alpha value is -1.95. The topological polar surface area (TPSA) is 58.1 Å². The minimum Gasteiger partial charge on any atom is -0.358 e. The smallest absolute Gasteiger partial charge is 0.275 e. The van der Waals surface area contributed by atoms with Crippen molar-refractivity contribution in [2.45, 2.75) is 19.8 Å². The maximum atomic E-state index is 12.1. The molecule has 22 heavy (non-hydrogen) atoms. The fraction of sp³-hybridized carbons (Fsp3) is 0.312. The summed E-state index contributed by atoms with van der Waals surface area (Å²) < 4.78 is 0.907. The van der Waals surface area contributed by atoms with Gasteiger partial charge in [0.25, 0.3) is 5.91 Å². The van der Waals surface area contributed by atoms with E-state index in [1.165, 1.54) is 6.20 Å². The molecule has 0 saturated heterocycles. The Kier molecular flexibility index (Phi) is 5.89. The second kappa shape index (κ2) is 7.89. The number of unbranched alkanes of at least 4 members (excludes halogenated alkanes) is 1. The summed E-state index contributed by atoms with van der Waals surface area (Å²) in [7, 11) is 1.97. The molecular weight excluding hydrogens is 344 g/mol. The zero-order chi connectivity index (χ0) is 15.9. The van der Waals surface area contributed by atoms with Gasteiger partial charge in [0.15, 0.2) is 0 Å². The molecule has 0 fully saturated rings. The number of nitrogens with one attached hydrogen (secondary N) is 1. The summed E-state index contributed by atoms with van der Waals surface area (Å²) in [4.78, 5) is 22.7. The summed E-state index contributed by atoms with van der Waals surface area (Å²) in [6.07, 6.45) is 5.37. The van der Waals surface area contributed by atoms with Gasteiger partial charge in [0.1, 0.15) is 11.5 Å². The highest BCUT2D eigenvalue weighted by atomic mass is 79.9. The summed E-state index contributed by atoms with van der Waals surface area (Å²) in [5.74, 6) is 0.501. The van der Waals surface area contributed by atoms with Crippen LogP contribution in [0.25, 0.3) is 0 Å². The van der Waals surface area contributed by atoms with Crippen LogP contribution in [0, 0.1) is 0 Å². The molecule has 1 aromatic heterocycles. The van der Waals surface area contributed by atoms with Crippen molar-refractivity contribution in [2.24, 2.45) is 0 Å². The zero-order valence-electron chi connectivity index (χ0n) is 12.7. The highest BCUT2D eigenvalue weighted by Gasteiger charge is 2.10. The quantitative estimate of drug-likeness (QED) is 0.850. The predicted octanol–water partition coefficient (Wildman–Crippen LogP) is 3.73. The van der Waals surface area contributed by atoms with Crippen LogP contribution in [0.4, 0.5) is 11.5 Å². The van der Waals surface area contributed by atoms with Crippen molar-refractivity contribution in [1.29, 1.82) is 0 Å². The molecule has 6 heteroatoms. The molecule has 1 heterocycles. The van der Waals surface area contributed by atoms with Gasteiger partial charge in [0.2, 0.25) is 0 Å². The average molecular weight is 363 g/mol. The Morgan fingerprint density at radius 3 is 2.77 bits per heavy atom. The lowest BCUT2D eigenvalue weighted by Crippen LogP contribution is -2.21. The van der Waals surface area contributed by atoms with E-state index in [0.29, 0.717) is 11.4 Å². The maximum absolute atomic E-state index is 12.1. The van der Waals surface area contributed by atoms with Crippen LogP contribution in [0.15, 0.2) is 41.1 Å². The molecule has 0 unspecified atom stereocenters. The van der Waals surface area contributed by atoms with E-state index in [2.05, 4.69) is 38.1 Å². The SMILES string of the molecule is CCCCN(C)c1cnc(C(=O)Nc2cccc(Br)c2)cn1. The number of hydrogen-bond donors (Lipinski definition) is 1. The van der Waals surface area contributed by atoms with Gasteiger partial charge in [-0.1, -0.05) is 35.3 Å². The van der Waals surface area contributed by atoms with Gasteiger partial charge in [0.05, 0.1) is 12.4 Å². The molecule has 0 radical (unpaired) electrons. The Labute approximate surface area is 138 Å². The van der Waals surface area contributed by atoms with Gasteiger partial charge in [-0.25, -0.2) is 9.97 Å². The van der Waals surface area contributed by atoms with Crippen molar-refractivity contribution in [2.75, 3.05) is 23.8 Å². The number of rotatable bonds is 6. The second-order valence-electron chi connectivity index (χ2n) is 5.00. The molecular formula is C16H19BrN4O. The van der Waals surface area contributed by atoms with Crippen molar-refractivity contribution in [3.63, 3.8) is 0 Å². The molecule has 0 bridgehead atoms. The van der Waals surface area contributed by atoms with E-state index in [0.717, 1.165) is 29.7 Å². The molecule has 0 atom stereocenters. The molecule has 0 saturated carbocycles. The number of carbonyl (C=O) groups excluding carboxylic acids is 1. The number of amides is 1. The molecule has 0 aliphatic heterocycles. The molecule has 2 rings (SSSR count). The number of anilines is 2. The fourth-order valence-corrected chi connectivity index (χ4v) is 2.31. The summed E-state index contributed by atoms with van der Waals surface area (Å²) in [5, 5.41) is 2.80. The Morgan fingerprint density at radius 1 is 1.32 bits per heavy atom. The Balaban J connectivity index is 2.02. The first-order chi connectivity index (χ1) is 10.6. The number of hydrogen-bond acceptors (Lipinski definition) is 4. The zero-order valence-corrected chi connectivity index (χ0v) is 14.3. The molecule has 2 aromatic rings. The van der Waals surface area contributed by atoms with Crippen molar-refractivity contribution in [3.8, 4) is 0 Å². The van der Waals surface area contributed by atoms with Gasteiger partial charge in [-0.3, -0.25) is 4.79 Å². The van der Waals surface area contributed by atoms with Crippen LogP contribution in [0.1, 0.15) is 30.3 Å². The maximum Gasteiger partial charge on any atom is 0.275 e.